The zero-order chi connectivity index (χ0) is 7.56. The molecule has 0 aromatic carbocycles. The van der Waals surface area contributed by atoms with E-state index in [1.165, 1.54) is 19.5 Å². The Bertz CT molecular complexity index is 95.4. The van der Waals surface area contributed by atoms with Crippen LogP contribution in [0.2, 0.25) is 0 Å². The van der Waals surface area contributed by atoms with Crippen LogP contribution >= 0.6 is 0 Å². The number of nitrogens with one attached hydrogen (secondary N) is 1. The van der Waals surface area contributed by atoms with Gasteiger partial charge in [0.1, 0.15) is 0 Å². The van der Waals surface area contributed by atoms with Crippen LogP contribution in [0.3, 0.4) is 0 Å². The van der Waals surface area contributed by atoms with Gasteiger partial charge in [0.2, 0.25) is 0 Å². The molecule has 0 aliphatic carbocycles. The molecular formula is C8H18N2. The van der Waals surface area contributed by atoms with Gasteiger partial charge in [-0.2, -0.15) is 0 Å². The first-order valence-corrected chi connectivity index (χ1v) is 4.09. The summed E-state index contributed by atoms with van der Waals surface area (Å²) >= 11 is 0. The van der Waals surface area contributed by atoms with Crippen molar-refractivity contribution >= 4 is 0 Å². The van der Waals surface area contributed by atoms with E-state index in [0.717, 1.165) is 12.0 Å². The van der Waals surface area contributed by atoms with Crippen LogP contribution in [0.25, 0.3) is 0 Å². The van der Waals surface area contributed by atoms with E-state index in [4.69, 9.17) is 0 Å². The maximum Gasteiger partial charge on any atom is 0.0102 e. The molecule has 2 heteroatoms. The van der Waals surface area contributed by atoms with Crippen LogP contribution in [0.15, 0.2) is 0 Å². The largest absolute Gasteiger partial charge is 0.316 e. The van der Waals surface area contributed by atoms with E-state index in [1.54, 1.807) is 0 Å². The van der Waals surface area contributed by atoms with Crippen LogP contribution in [0.4, 0.5) is 0 Å². The molecule has 0 aromatic rings. The third-order valence-electron chi connectivity index (χ3n) is 2.60. The molecule has 0 radical (unpaired) electrons. The highest BCUT2D eigenvalue weighted by molar-refractivity contribution is 4.79. The fourth-order valence-electron chi connectivity index (χ4n) is 1.51. The van der Waals surface area contributed by atoms with Crippen LogP contribution in [-0.2, 0) is 0 Å². The van der Waals surface area contributed by atoms with Crippen LogP contribution < -0.4 is 5.32 Å². The Morgan fingerprint density at radius 2 is 2.20 bits per heavy atom. The average Bonchev–Trinajstić information content (AvgIpc) is 2.36. The fourth-order valence-corrected chi connectivity index (χ4v) is 1.51. The van der Waals surface area contributed by atoms with Gasteiger partial charge in [-0.1, -0.05) is 0 Å². The predicted octanol–water partition coefficient (Wildman–Crippen LogP) is 0.546. The summed E-state index contributed by atoms with van der Waals surface area (Å²) in [5, 5.41) is 3.38. The molecule has 2 nitrogen and oxygen atoms in total. The van der Waals surface area contributed by atoms with Crippen molar-refractivity contribution in [3.8, 4) is 0 Å². The Morgan fingerprint density at radius 3 is 2.60 bits per heavy atom. The van der Waals surface area contributed by atoms with Gasteiger partial charge < -0.3 is 10.2 Å². The molecule has 0 amide bonds. The second kappa shape index (κ2) is 3.35. The maximum absolute atomic E-state index is 3.38. The molecule has 0 bridgehead atoms. The minimum Gasteiger partial charge on any atom is -0.316 e. The molecule has 1 aliphatic heterocycles. The lowest BCUT2D eigenvalue weighted by Gasteiger charge is -2.25. The fraction of sp³-hybridized carbons (Fsp3) is 1.00. The second-order valence-electron chi connectivity index (χ2n) is 3.46. The molecule has 1 aliphatic rings. The highest BCUT2D eigenvalue weighted by Gasteiger charge is 2.21. The van der Waals surface area contributed by atoms with Crippen molar-refractivity contribution < 1.29 is 0 Å². The average molecular weight is 142 g/mol. The topological polar surface area (TPSA) is 15.3 Å². The zero-order valence-corrected chi connectivity index (χ0v) is 7.22. The Morgan fingerprint density at radius 1 is 1.50 bits per heavy atom. The van der Waals surface area contributed by atoms with E-state index in [9.17, 15) is 0 Å². The summed E-state index contributed by atoms with van der Waals surface area (Å²) < 4.78 is 0. The van der Waals surface area contributed by atoms with E-state index < -0.39 is 0 Å². The first-order valence-electron chi connectivity index (χ1n) is 4.09. The molecule has 10 heavy (non-hydrogen) atoms. The quantitative estimate of drug-likeness (QED) is 0.605. The van der Waals surface area contributed by atoms with E-state index >= 15 is 0 Å². The van der Waals surface area contributed by atoms with E-state index in [-0.39, 0.29) is 0 Å². The van der Waals surface area contributed by atoms with Crippen LogP contribution in [0.5, 0.6) is 0 Å². The molecule has 0 unspecified atom stereocenters. The summed E-state index contributed by atoms with van der Waals surface area (Å²) in [6.07, 6.45) is 1.35. The lowest BCUT2D eigenvalue weighted by Crippen LogP contribution is -2.33. The molecule has 0 aromatic heterocycles. The molecule has 0 saturated carbocycles. The molecule has 1 N–H and O–H groups in total. The Balaban J connectivity index is 2.32. The lowest BCUT2D eigenvalue weighted by molar-refractivity contribution is 0.238. The summed E-state index contributed by atoms with van der Waals surface area (Å²) in [4.78, 5) is 2.30. The number of hydrogen-bond acceptors (Lipinski definition) is 2. The molecule has 1 fully saturated rings. The molecule has 1 rings (SSSR count). The molecule has 60 valence electrons. The molecule has 0 spiro atoms. The zero-order valence-electron chi connectivity index (χ0n) is 7.22. The van der Waals surface area contributed by atoms with Gasteiger partial charge in [0, 0.05) is 6.04 Å². The monoisotopic (exact) mass is 142 g/mol. The van der Waals surface area contributed by atoms with Gasteiger partial charge in [-0.05, 0) is 46.4 Å². The minimum absolute atomic E-state index is 0.731. The van der Waals surface area contributed by atoms with Crippen molar-refractivity contribution in [2.45, 2.75) is 19.4 Å². The number of hydrogen-bond donors (Lipinski definition) is 1. The molecule has 1 saturated heterocycles. The van der Waals surface area contributed by atoms with Gasteiger partial charge in [0.05, 0.1) is 0 Å². The summed E-state index contributed by atoms with van der Waals surface area (Å²) in [6, 6.07) is 0.731. The SMILES string of the molecule is C[C@H]([C@H]1CCNC1)N(C)C. The normalized spacial score (nSPS) is 29.4. The Kier molecular flexibility index (Phi) is 2.69. The van der Waals surface area contributed by atoms with Gasteiger partial charge in [0.25, 0.3) is 0 Å². The highest BCUT2D eigenvalue weighted by Crippen LogP contribution is 2.15. The Labute approximate surface area is 63.6 Å². The van der Waals surface area contributed by atoms with Crippen LogP contribution in [0, 0.1) is 5.92 Å². The maximum atomic E-state index is 3.38. The standard InChI is InChI=1S/C8H18N2/c1-7(10(2)3)8-4-5-9-6-8/h7-9H,4-6H2,1-3H3/t7-,8+/m1/s1. The van der Waals surface area contributed by atoms with Gasteiger partial charge in [-0.25, -0.2) is 0 Å². The van der Waals surface area contributed by atoms with Crippen molar-refractivity contribution in [3.05, 3.63) is 0 Å². The number of rotatable bonds is 2. The predicted molar refractivity (Wildman–Crippen MR) is 44.1 cm³/mol. The van der Waals surface area contributed by atoms with Gasteiger partial charge in [-0.3, -0.25) is 0 Å². The highest BCUT2D eigenvalue weighted by atomic mass is 15.1. The molecule has 1 heterocycles. The smallest absolute Gasteiger partial charge is 0.0102 e. The van der Waals surface area contributed by atoms with Crippen molar-refractivity contribution in [1.82, 2.24) is 10.2 Å². The van der Waals surface area contributed by atoms with Crippen molar-refractivity contribution in [1.29, 1.82) is 0 Å². The molecule has 2 atom stereocenters. The van der Waals surface area contributed by atoms with E-state index in [2.05, 4.69) is 31.2 Å². The summed E-state index contributed by atoms with van der Waals surface area (Å²) in [5.74, 6) is 0.870. The van der Waals surface area contributed by atoms with Crippen molar-refractivity contribution in [2.75, 3.05) is 27.2 Å². The van der Waals surface area contributed by atoms with Crippen molar-refractivity contribution in [3.63, 3.8) is 0 Å². The third-order valence-corrected chi connectivity index (χ3v) is 2.60. The first-order chi connectivity index (χ1) is 4.72. The summed E-state index contributed by atoms with van der Waals surface area (Å²) in [6.45, 7) is 4.72. The van der Waals surface area contributed by atoms with Crippen molar-refractivity contribution in [2.24, 2.45) is 5.92 Å². The lowest BCUT2D eigenvalue weighted by atomic mass is 10.00. The summed E-state index contributed by atoms with van der Waals surface area (Å²) in [7, 11) is 4.31. The van der Waals surface area contributed by atoms with Crippen LogP contribution in [0.1, 0.15) is 13.3 Å². The van der Waals surface area contributed by atoms with E-state index in [0.29, 0.717) is 0 Å². The minimum atomic E-state index is 0.731. The van der Waals surface area contributed by atoms with E-state index in [1.807, 2.05) is 0 Å². The van der Waals surface area contributed by atoms with Gasteiger partial charge in [0.15, 0.2) is 0 Å². The Hall–Kier alpha value is -0.0800. The second-order valence-corrected chi connectivity index (χ2v) is 3.46. The molecular weight excluding hydrogens is 124 g/mol. The van der Waals surface area contributed by atoms with Gasteiger partial charge in [-0.15, -0.1) is 0 Å². The van der Waals surface area contributed by atoms with Crippen LogP contribution in [-0.4, -0.2) is 38.1 Å². The first kappa shape index (κ1) is 8.02. The van der Waals surface area contributed by atoms with Gasteiger partial charge >= 0.3 is 0 Å². The third kappa shape index (κ3) is 1.70. The number of nitrogens with zero attached hydrogens (tertiary/aromatic N) is 1. The summed E-state index contributed by atoms with van der Waals surface area (Å²) in [5.41, 5.74) is 0.